The minimum Gasteiger partial charge on any atom is -0.373 e. The van der Waals surface area contributed by atoms with E-state index in [0.717, 1.165) is 10.5 Å². The Bertz CT molecular complexity index is 808. The quantitative estimate of drug-likeness (QED) is 0.650. The highest BCUT2D eigenvalue weighted by atomic mass is 35.5. The van der Waals surface area contributed by atoms with Crippen LogP contribution in [-0.2, 0) is 13.0 Å². The van der Waals surface area contributed by atoms with Crippen LogP contribution in [0.4, 0.5) is 0 Å². The second kappa shape index (κ2) is 7.57. The van der Waals surface area contributed by atoms with E-state index >= 15 is 0 Å². The minimum absolute atomic E-state index is 0.106. The van der Waals surface area contributed by atoms with Crippen LogP contribution in [-0.4, -0.2) is 24.9 Å². The zero-order valence-corrected chi connectivity index (χ0v) is 15.0. The molecule has 24 heavy (non-hydrogen) atoms. The lowest BCUT2D eigenvalue weighted by atomic mass is 10.1. The summed E-state index contributed by atoms with van der Waals surface area (Å²) in [7, 11) is 0. The van der Waals surface area contributed by atoms with Gasteiger partial charge in [0.25, 0.3) is 0 Å². The second-order valence-electron chi connectivity index (χ2n) is 5.30. The molecule has 0 aliphatic rings. The first-order chi connectivity index (χ1) is 11.5. The number of benzene rings is 2. The van der Waals surface area contributed by atoms with Gasteiger partial charge < -0.3 is 5.11 Å². The summed E-state index contributed by atoms with van der Waals surface area (Å²) in [4.78, 5) is 5.28. The molecule has 0 amide bonds. The molecule has 1 heterocycles. The molecule has 0 unspecified atom stereocenters. The molecule has 1 N–H and O–H groups in total. The highest BCUT2D eigenvalue weighted by Crippen LogP contribution is 2.29. The normalized spacial score (nSPS) is 13.6. The zero-order valence-electron chi connectivity index (χ0n) is 12.6. The van der Waals surface area contributed by atoms with E-state index in [4.69, 9.17) is 23.2 Å². The number of aromatic nitrogens is 3. The smallest absolute Gasteiger partial charge is 0.191 e. The Balaban J connectivity index is 1.74. The number of aliphatic hydroxyl groups is 1. The van der Waals surface area contributed by atoms with Crippen molar-refractivity contribution >= 4 is 35.0 Å². The van der Waals surface area contributed by atoms with Crippen molar-refractivity contribution in [2.45, 2.75) is 28.1 Å². The molecule has 4 nitrogen and oxygen atoms in total. The van der Waals surface area contributed by atoms with Crippen LogP contribution < -0.4 is 0 Å². The average molecular weight is 380 g/mol. The Morgan fingerprint density at radius 3 is 2.54 bits per heavy atom. The maximum Gasteiger partial charge on any atom is 0.191 e. The molecule has 0 fully saturated rings. The van der Waals surface area contributed by atoms with Crippen LogP contribution in [0.5, 0.6) is 0 Å². The third-order valence-electron chi connectivity index (χ3n) is 3.34. The molecule has 2 aromatic carbocycles. The Kier molecular flexibility index (Phi) is 5.46. The van der Waals surface area contributed by atoms with E-state index < -0.39 is 5.06 Å². The molecular weight excluding hydrogens is 365 g/mol. The topological polar surface area (TPSA) is 50.9 Å². The van der Waals surface area contributed by atoms with Crippen LogP contribution in [0.3, 0.4) is 0 Å². The van der Waals surface area contributed by atoms with Crippen molar-refractivity contribution in [2.75, 3.05) is 0 Å². The molecule has 3 rings (SSSR count). The summed E-state index contributed by atoms with van der Waals surface area (Å²) in [6.45, 7) is 0.106. The molecule has 0 aliphatic carbocycles. The lowest BCUT2D eigenvalue weighted by Crippen LogP contribution is -2.31. The van der Waals surface area contributed by atoms with E-state index in [2.05, 4.69) is 10.1 Å². The maximum atomic E-state index is 10.6. The lowest BCUT2D eigenvalue weighted by molar-refractivity contribution is 0.101. The number of rotatable bonds is 6. The van der Waals surface area contributed by atoms with Crippen molar-refractivity contribution in [3.05, 3.63) is 71.5 Å². The van der Waals surface area contributed by atoms with E-state index in [1.807, 2.05) is 48.5 Å². The largest absolute Gasteiger partial charge is 0.373 e. The van der Waals surface area contributed by atoms with Crippen molar-refractivity contribution in [3.63, 3.8) is 0 Å². The molecule has 0 aliphatic heterocycles. The third-order valence-corrected chi connectivity index (χ3v) is 4.97. The molecule has 0 radical (unpaired) electrons. The summed E-state index contributed by atoms with van der Waals surface area (Å²) in [5, 5.41) is 14.5. The van der Waals surface area contributed by atoms with Gasteiger partial charge >= 0.3 is 0 Å². The highest BCUT2D eigenvalue weighted by Gasteiger charge is 2.27. The number of hydrogen-bond acceptors (Lipinski definition) is 4. The fourth-order valence-corrected chi connectivity index (χ4v) is 3.53. The van der Waals surface area contributed by atoms with E-state index in [9.17, 15) is 5.11 Å². The van der Waals surface area contributed by atoms with Gasteiger partial charge in [0, 0.05) is 16.3 Å². The summed E-state index contributed by atoms with van der Waals surface area (Å²) in [6, 6.07) is 17.2. The number of alkyl halides is 1. The molecule has 0 bridgehead atoms. The summed E-state index contributed by atoms with van der Waals surface area (Å²) in [5.74, 6) is 0. The van der Waals surface area contributed by atoms with Gasteiger partial charge in [-0.1, -0.05) is 71.4 Å². The SMILES string of the molecule is O[C@@](Cl)(Cc1ccccc1Cl)Cn1ncnc1Sc1ccccc1. The van der Waals surface area contributed by atoms with Gasteiger partial charge in [0.15, 0.2) is 10.2 Å². The number of nitrogens with zero attached hydrogens (tertiary/aromatic N) is 3. The van der Waals surface area contributed by atoms with Crippen LogP contribution in [0, 0.1) is 0 Å². The Morgan fingerprint density at radius 1 is 1.08 bits per heavy atom. The van der Waals surface area contributed by atoms with Crippen molar-refractivity contribution < 1.29 is 5.11 Å². The van der Waals surface area contributed by atoms with Gasteiger partial charge in [0.2, 0.25) is 0 Å². The molecule has 1 atom stereocenters. The second-order valence-corrected chi connectivity index (χ2v) is 7.45. The fraction of sp³-hybridized carbons (Fsp3) is 0.176. The summed E-state index contributed by atoms with van der Waals surface area (Å²) in [6.07, 6.45) is 1.66. The number of halogens is 2. The van der Waals surface area contributed by atoms with Crippen LogP contribution in [0.1, 0.15) is 5.56 Å². The average Bonchev–Trinajstić information content (AvgIpc) is 2.96. The van der Waals surface area contributed by atoms with E-state index in [1.54, 1.807) is 10.7 Å². The van der Waals surface area contributed by atoms with Gasteiger partial charge in [-0.15, -0.1) is 0 Å². The molecule has 0 saturated heterocycles. The lowest BCUT2D eigenvalue weighted by Gasteiger charge is -2.22. The van der Waals surface area contributed by atoms with Gasteiger partial charge in [-0.3, -0.25) is 0 Å². The predicted molar refractivity (Wildman–Crippen MR) is 96.5 cm³/mol. The van der Waals surface area contributed by atoms with Gasteiger partial charge in [0.1, 0.15) is 6.33 Å². The Morgan fingerprint density at radius 2 is 1.79 bits per heavy atom. The van der Waals surface area contributed by atoms with Crippen molar-refractivity contribution in [3.8, 4) is 0 Å². The van der Waals surface area contributed by atoms with E-state index in [-0.39, 0.29) is 13.0 Å². The molecule has 3 aromatic rings. The van der Waals surface area contributed by atoms with Crippen molar-refractivity contribution in [1.82, 2.24) is 14.8 Å². The molecule has 7 heteroatoms. The van der Waals surface area contributed by atoms with Crippen molar-refractivity contribution in [1.29, 1.82) is 0 Å². The standard InChI is InChI=1S/C17H15Cl2N3OS/c18-15-9-5-4-6-13(15)10-17(19,23)11-22-16(20-12-21-22)24-14-7-2-1-3-8-14/h1-9,12,23H,10-11H2/t17-/m0/s1. The van der Waals surface area contributed by atoms with Crippen LogP contribution in [0.2, 0.25) is 5.02 Å². The van der Waals surface area contributed by atoms with Gasteiger partial charge in [-0.2, -0.15) is 5.10 Å². The third kappa shape index (κ3) is 4.51. The van der Waals surface area contributed by atoms with E-state index in [1.165, 1.54) is 18.1 Å². The summed E-state index contributed by atoms with van der Waals surface area (Å²) < 4.78 is 1.60. The van der Waals surface area contributed by atoms with Crippen LogP contribution in [0.25, 0.3) is 0 Å². The van der Waals surface area contributed by atoms with Gasteiger partial charge in [-0.05, 0) is 23.8 Å². The molecule has 1 aromatic heterocycles. The van der Waals surface area contributed by atoms with Gasteiger partial charge in [-0.25, -0.2) is 9.67 Å². The Labute approximate surface area is 154 Å². The van der Waals surface area contributed by atoms with Crippen LogP contribution >= 0.6 is 35.0 Å². The predicted octanol–water partition coefficient (Wildman–Crippen LogP) is 4.25. The minimum atomic E-state index is -1.51. The fourth-order valence-electron chi connectivity index (χ4n) is 2.25. The molecule has 0 spiro atoms. The maximum absolute atomic E-state index is 10.6. The number of hydrogen-bond donors (Lipinski definition) is 1. The molecule has 0 saturated carbocycles. The monoisotopic (exact) mass is 379 g/mol. The van der Waals surface area contributed by atoms with Crippen LogP contribution in [0.15, 0.2) is 71.0 Å². The van der Waals surface area contributed by atoms with Gasteiger partial charge in [0.05, 0.1) is 6.54 Å². The molecule has 124 valence electrons. The first-order valence-electron chi connectivity index (χ1n) is 7.29. The first-order valence-corrected chi connectivity index (χ1v) is 8.86. The molecular formula is C17H15Cl2N3OS. The summed E-state index contributed by atoms with van der Waals surface area (Å²) >= 11 is 13.9. The highest BCUT2D eigenvalue weighted by molar-refractivity contribution is 7.99. The zero-order chi connectivity index (χ0) is 17.0. The Hall–Kier alpha value is -1.53. The van der Waals surface area contributed by atoms with E-state index in [0.29, 0.717) is 10.2 Å². The first kappa shape index (κ1) is 17.3. The summed E-state index contributed by atoms with van der Waals surface area (Å²) in [5.41, 5.74) is 0.786. The van der Waals surface area contributed by atoms with Crippen molar-refractivity contribution in [2.24, 2.45) is 0 Å².